The second kappa shape index (κ2) is 5.41. The van der Waals surface area contributed by atoms with E-state index in [9.17, 15) is 0 Å². The van der Waals surface area contributed by atoms with Crippen molar-refractivity contribution >= 4 is 11.4 Å². The molecule has 0 radical (unpaired) electrons. The number of nitrogens with one attached hydrogen (secondary N) is 1. The highest BCUT2D eigenvalue weighted by Gasteiger charge is 1.97. The summed E-state index contributed by atoms with van der Waals surface area (Å²) in [5.74, 6) is 0.771. The number of nitrogens with zero attached hydrogens (tertiary/aromatic N) is 2. The largest absolute Gasteiger partial charge is 0.353 e. The Hall–Kier alpha value is -1.94. The van der Waals surface area contributed by atoms with Gasteiger partial charge in [-0.25, -0.2) is 9.97 Å². The third-order valence-electron chi connectivity index (χ3n) is 2.43. The molecule has 0 aliphatic rings. The maximum Gasteiger partial charge on any atom is 0.125 e. The highest BCUT2D eigenvalue weighted by Crippen LogP contribution is 2.16. The Labute approximate surface area is 101 Å². The lowest BCUT2D eigenvalue weighted by atomic mass is 10.1. The monoisotopic (exact) mass is 228 g/mol. The number of aryl methyl sites for hydroxylation is 1. The van der Waals surface area contributed by atoms with Crippen LogP contribution in [0.15, 0.2) is 36.7 Å². The van der Waals surface area contributed by atoms with Crippen molar-refractivity contribution in [3.63, 3.8) is 0 Å². The molecular formula is C13H16N4. The Kier molecular flexibility index (Phi) is 3.67. The molecule has 0 bridgehead atoms. The molecule has 2 aromatic rings. The maximum atomic E-state index is 5.54. The smallest absolute Gasteiger partial charge is 0.125 e. The minimum atomic E-state index is 0.664. The topological polar surface area (TPSA) is 63.8 Å². The van der Waals surface area contributed by atoms with Crippen molar-refractivity contribution in [2.45, 2.75) is 13.3 Å². The predicted octanol–water partition coefficient (Wildman–Crippen LogP) is 2.03. The molecule has 1 heterocycles. The molecule has 88 valence electrons. The van der Waals surface area contributed by atoms with Gasteiger partial charge in [-0.15, -0.1) is 0 Å². The number of rotatable bonds is 4. The number of anilines is 2. The fourth-order valence-corrected chi connectivity index (χ4v) is 1.60. The Morgan fingerprint density at radius 1 is 1.18 bits per heavy atom. The van der Waals surface area contributed by atoms with Crippen LogP contribution >= 0.6 is 0 Å². The average molecular weight is 228 g/mol. The summed E-state index contributed by atoms with van der Waals surface area (Å²) in [5, 5.41) is 3.26. The van der Waals surface area contributed by atoms with Crippen molar-refractivity contribution in [1.29, 1.82) is 0 Å². The van der Waals surface area contributed by atoms with Crippen molar-refractivity contribution in [3.05, 3.63) is 48.0 Å². The summed E-state index contributed by atoms with van der Waals surface area (Å²) in [6.07, 6.45) is 4.44. The molecule has 0 aliphatic carbocycles. The standard InChI is InChI=1S/C13H16N4/c1-10-15-8-13(9-16-10)17-12-4-2-3-11(7-12)5-6-14/h2-4,7-9,17H,5-6,14H2,1H3. The first kappa shape index (κ1) is 11.5. The molecular weight excluding hydrogens is 212 g/mol. The van der Waals surface area contributed by atoms with Crippen LogP contribution in [-0.2, 0) is 6.42 Å². The molecule has 4 heteroatoms. The van der Waals surface area contributed by atoms with Gasteiger partial charge in [0.25, 0.3) is 0 Å². The van der Waals surface area contributed by atoms with E-state index in [0.29, 0.717) is 6.54 Å². The van der Waals surface area contributed by atoms with E-state index in [-0.39, 0.29) is 0 Å². The summed E-state index contributed by atoms with van der Waals surface area (Å²) >= 11 is 0. The third-order valence-corrected chi connectivity index (χ3v) is 2.43. The number of nitrogens with two attached hydrogens (primary N) is 1. The van der Waals surface area contributed by atoms with E-state index < -0.39 is 0 Å². The normalized spacial score (nSPS) is 10.2. The van der Waals surface area contributed by atoms with Gasteiger partial charge in [-0.3, -0.25) is 0 Å². The summed E-state index contributed by atoms with van der Waals surface area (Å²) in [5.41, 5.74) is 8.69. The molecule has 0 unspecified atom stereocenters. The molecule has 4 nitrogen and oxygen atoms in total. The van der Waals surface area contributed by atoms with Crippen molar-refractivity contribution in [2.75, 3.05) is 11.9 Å². The molecule has 0 amide bonds. The van der Waals surface area contributed by atoms with Crippen molar-refractivity contribution < 1.29 is 0 Å². The van der Waals surface area contributed by atoms with Crippen LogP contribution in [0, 0.1) is 6.92 Å². The quantitative estimate of drug-likeness (QED) is 0.840. The SMILES string of the molecule is Cc1ncc(Nc2cccc(CCN)c2)cn1. The summed E-state index contributed by atoms with van der Waals surface area (Å²) in [7, 11) is 0. The summed E-state index contributed by atoms with van der Waals surface area (Å²) < 4.78 is 0. The van der Waals surface area contributed by atoms with E-state index in [4.69, 9.17) is 5.73 Å². The van der Waals surface area contributed by atoms with Crippen LogP contribution in [0.1, 0.15) is 11.4 Å². The van der Waals surface area contributed by atoms with Crippen LogP contribution in [0.3, 0.4) is 0 Å². The Balaban J connectivity index is 2.12. The molecule has 0 saturated carbocycles. The van der Waals surface area contributed by atoms with Gasteiger partial charge >= 0.3 is 0 Å². The Morgan fingerprint density at radius 3 is 2.65 bits per heavy atom. The predicted molar refractivity (Wildman–Crippen MR) is 69.3 cm³/mol. The van der Waals surface area contributed by atoms with Gasteiger partial charge in [-0.05, 0) is 37.6 Å². The van der Waals surface area contributed by atoms with Gasteiger partial charge in [0.05, 0.1) is 18.1 Å². The lowest BCUT2D eigenvalue weighted by Gasteiger charge is -2.07. The molecule has 2 rings (SSSR count). The van der Waals surface area contributed by atoms with E-state index in [0.717, 1.165) is 23.6 Å². The van der Waals surface area contributed by atoms with Gasteiger partial charge in [0.15, 0.2) is 0 Å². The summed E-state index contributed by atoms with van der Waals surface area (Å²) in [6.45, 7) is 2.53. The maximum absolute atomic E-state index is 5.54. The molecule has 0 atom stereocenters. The van der Waals surface area contributed by atoms with Crippen LogP contribution in [0.25, 0.3) is 0 Å². The van der Waals surface area contributed by atoms with Gasteiger partial charge in [0, 0.05) is 5.69 Å². The van der Waals surface area contributed by atoms with Crippen LogP contribution < -0.4 is 11.1 Å². The molecule has 0 spiro atoms. The average Bonchev–Trinajstić information content (AvgIpc) is 2.33. The minimum absolute atomic E-state index is 0.664. The van der Waals surface area contributed by atoms with Crippen LogP contribution in [0.2, 0.25) is 0 Å². The molecule has 0 aliphatic heterocycles. The first-order valence-electron chi connectivity index (χ1n) is 5.62. The zero-order valence-electron chi connectivity index (χ0n) is 9.85. The molecule has 0 fully saturated rings. The highest BCUT2D eigenvalue weighted by atomic mass is 14.9. The molecule has 0 saturated heterocycles. The molecule has 1 aromatic heterocycles. The van der Waals surface area contributed by atoms with Gasteiger partial charge < -0.3 is 11.1 Å². The first-order valence-corrected chi connectivity index (χ1v) is 5.62. The fourth-order valence-electron chi connectivity index (χ4n) is 1.60. The van der Waals surface area contributed by atoms with E-state index in [1.54, 1.807) is 12.4 Å². The summed E-state index contributed by atoms with van der Waals surface area (Å²) in [4.78, 5) is 8.28. The van der Waals surface area contributed by atoms with Gasteiger partial charge in [-0.2, -0.15) is 0 Å². The van der Waals surface area contributed by atoms with E-state index in [1.807, 2.05) is 19.1 Å². The minimum Gasteiger partial charge on any atom is -0.353 e. The summed E-state index contributed by atoms with van der Waals surface area (Å²) in [6, 6.07) is 8.19. The van der Waals surface area contributed by atoms with E-state index in [1.165, 1.54) is 5.56 Å². The number of aromatic nitrogens is 2. The van der Waals surface area contributed by atoms with Crippen LogP contribution in [-0.4, -0.2) is 16.5 Å². The van der Waals surface area contributed by atoms with Crippen LogP contribution in [0.4, 0.5) is 11.4 Å². The lowest BCUT2D eigenvalue weighted by Crippen LogP contribution is -2.03. The number of hydrogen-bond acceptors (Lipinski definition) is 4. The van der Waals surface area contributed by atoms with Crippen LogP contribution in [0.5, 0.6) is 0 Å². The zero-order valence-corrected chi connectivity index (χ0v) is 9.85. The second-order valence-corrected chi connectivity index (χ2v) is 3.88. The van der Waals surface area contributed by atoms with Crippen molar-refractivity contribution in [1.82, 2.24) is 9.97 Å². The van der Waals surface area contributed by atoms with Crippen molar-refractivity contribution in [3.8, 4) is 0 Å². The lowest BCUT2D eigenvalue weighted by molar-refractivity contribution is 0.969. The van der Waals surface area contributed by atoms with E-state index >= 15 is 0 Å². The third kappa shape index (κ3) is 3.26. The highest BCUT2D eigenvalue weighted by molar-refractivity contribution is 5.58. The van der Waals surface area contributed by atoms with Crippen molar-refractivity contribution in [2.24, 2.45) is 5.73 Å². The number of benzene rings is 1. The fraction of sp³-hybridized carbons (Fsp3) is 0.231. The van der Waals surface area contributed by atoms with Gasteiger partial charge in [0.2, 0.25) is 0 Å². The first-order chi connectivity index (χ1) is 8.28. The molecule has 1 aromatic carbocycles. The molecule has 3 N–H and O–H groups in total. The zero-order chi connectivity index (χ0) is 12.1. The van der Waals surface area contributed by atoms with Gasteiger partial charge in [0.1, 0.15) is 5.82 Å². The molecule has 17 heavy (non-hydrogen) atoms. The Morgan fingerprint density at radius 2 is 1.94 bits per heavy atom. The second-order valence-electron chi connectivity index (χ2n) is 3.88. The van der Waals surface area contributed by atoms with E-state index in [2.05, 4.69) is 27.4 Å². The number of hydrogen-bond donors (Lipinski definition) is 2. The Bertz CT molecular complexity index is 479. The van der Waals surface area contributed by atoms with Gasteiger partial charge in [-0.1, -0.05) is 12.1 Å².